The molecule has 0 saturated carbocycles. The van der Waals surface area contributed by atoms with Gasteiger partial charge in [-0.15, -0.1) is 0 Å². The fourth-order valence-electron chi connectivity index (χ4n) is 0. The Morgan fingerprint density at radius 1 is 1.50 bits per heavy atom. The Labute approximate surface area is 80.3 Å². The van der Waals surface area contributed by atoms with E-state index in [0.29, 0.717) is 0 Å². The summed E-state index contributed by atoms with van der Waals surface area (Å²) in [6.07, 6.45) is 0. The summed E-state index contributed by atoms with van der Waals surface area (Å²) in [5.41, 5.74) is 9.24. The molecule has 0 atom stereocenters. The monoisotopic (exact) mass is 233 g/mol. The molecular formula is C2H7N3O4S3. The maximum atomic E-state index is 8.74. The average Bonchev–Trinajstić information content (AvgIpc) is 1.56. The molecule has 0 radical (unpaired) electrons. The van der Waals surface area contributed by atoms with Gasteiger partial charge in [-0.1, -0.05) is 12.6 Å². The van der Waals surface area contributed by atoms with Crippen LogP contribution in [-0.4, -0.2) is 22.6 Å². The molecule has 0 aromatic carbocycles. The van der Waals surface area contributed by atoms with Crippen LogP contribution in [0.3, 0.4) is 0 Å². The van der Waals surface area contributed by atoms with Crippen molar-refractivity contribution >= 4 is 40.4 Å². The minimum absolute atomic E-state index is 0.000000000000000222. The zero-order chi connectivity index (χ0) is 10.8. The van der Waals surface area contributed by atoms with Gasteiger partial charge in [0.1, 0.15) is 5.40 Å². The summed E-state index contributed by atoms with van der Waals surface area (Å²) in [5, 5.41) is 8.63. The van der Waals surface area contributed by atoms with Crippen LogP contribution < -0.4 is 11.5 Å². The summed E-state index contributed by atoms with van der Waals surface area (Å²) in [6.45, 7) is 0. The molecule has 0 aliphatic rings. The van der Waals surface area contributed by atoms with Gasteiger partial charge < -0.3 is 11.5 Å². The molecule has 0 unspecified atom stereocenters. The molecule has 6 N–H and O–H groups in total. The Morgan fingerprint density at radius 3 is 1.50 bits per heavy atom. The lowest BCUT2D eigenvalue weighted by Gasteiger charge is -1.68. The molecule has 0 saturated heterocycles. The third-order valence-electron chi connectivity index (χ3n) is 0. The lowest BCUT2D eigenvalue weighted by molar-refractivity contribution is 0.381. The van der Waals surface area contributed by atoms with E-state index in [9.17, 15) is 0 Å². The van der Waals surface area contributed by atoms with Crippen LogP contribution in [0.25, 0.3) is 0 Å². The van der Waals surface area contributed by atoms with E-state index >= 15 is 0 Å². The Kier molecular flexibility index (Phi) is 15.1. The number of rotatable bonds is 0. The van der Waals surface area contributed by atoms with Crippen LogP contribution in [0, 0.1) is 10.7 Å². The highest BCUT2D eigenvalue weighted by Crippen LogP contribution is 1.59. The zero-order valence-corrected chi connectivity index (χ0v) is 8.10. The first kappa shape index (κ1) is 17.5. The van der Waals surface area contributed by atoms with Gasteiger partial charge in [-0.3, -0.25) is 9.11 Å². The van der Waals surface area contributed by atoms with E-state index in [1.807, 2.05) is 0 Å². The first-order valence-corrected chi connectivity index (χ1v) is 4.18. The average molecular weight is 233 g/mol. The first-order valence-electron chi connectivity index (χ1n) is 1.93. The van der Waals surface area contributed by atoms with Crippen molar-refractivity contribution < 1.29 is 17.5 Å². The van der Waals surface area contributed by atoms with Gasteiger partial charge in [0.25, 0.3) is 0 Å². The Bertz CT molecular complexity index is 229. The van der Waals surface area contributed by atoms with Crippen molar-refractivity contribution in [1.29, 1.82) is 5.26 Å². The molecule has 0 aliphatic heterocycles. The maximum Gasteiger partial charge on any atom is 0.394 e. The largest absolute Gasteiger partial charge is 0.394 e. The van der Waals surface area contributed by atoms with Crippen LogP contribution in [0.1, 0.15) is 0 Å². The minimum Gasteiger partial charge on any atom is -0.377 e. The summed E-state index contributed by atoms with van der Waals surface area (Å²) < 4.78 is 31.6. The van der Waals surface area contributed by atoms with Crippen molar-refractivity contribution in [3.05, 3.63) is 0 Å². The predicted octanol–water partition coefficient (Wildman–Crippen LogP) is -1.07. The van der Waals surface area contributed by atoms with Crippen molar-refractivity contribution in [2.45, 2.75) is 0 Å². The third kappa shape index (κ3) is 1840. The van der Waals surface area contributed by atoms with Gasteiger partial charge in [-0.05, 0) is 12.2 Å². The highest BCUT2D eigenvalue weighted by Gasteiger charge is 1.84. The van der Waals surface area contributed by atoms with E-state index in [1.165, 1.54) is 5.40 Å². The molecule has 0 amide bonds. The minimum atomic E-state index is -4.67. The third-order valence-corrected chi connectivity index (χ3v) is 0. The number of thiol groups is 1. The number of nitrogens with two attached hydrogens (primary N) is 2. The van der Waals surface area contributed by atoms with Gasteiger partial charge in [-0.2, -0.15) is 13.7 Å². The molecule has 0 aromatic rings. The van der Waals surface area contributed by atoms with Crippen molar-refractivity contribution in [2.24, 2.45) is 11.5 Å². The Morgan fingerprint density at radius 2 is 1.50 bits per heavy atom. The molecule has 0 heterocycles. The molecule has 10 heteroatoms. The normalized spacial score (nSPS) is 7.50. The fourth-order valence-corrected chi connectivity index (χ4v) is 0. The summed E-state index contributed by atoms with van der Waals surface area (Å²) in [5.74, 6) is 0. The maximum absolute atomic E-state index is 8.74. The summed E-state index contributed by atoms with van der Waals surface area (Å²) in [4.78, 5) is 0. The van der Waals surface area contributed by atoms with Gasteiger partial charge >= 0.3 is 10.4 Å². The molecule has 12 heavy (non-hydrogen) atoms. The number of hydrogen-bond acceptors (Lipinski definition) is 5. The standard InChI is InChI=1S/CH4N2S.CHNS.H2O4S/c2-1(3)4;2-1-3;1-5(2,3)4/h(H4,2,3,4);3H;(H2,1,2,3,4). The van der Waals surface area contributed by atoms with E-state index in [-0.39, 0.29) is 5.11 Å². The molecule has 7 nitrogen and oxygen atoms in total. The van der Waals surface area contributed by atoms with Crippen molar-refractivity contribution in [2.75, 3.05) is 0 Å². The van der Waals surface area contributed by atoms with Crippen LogP contribution in [0.2, 0.25) is 0 Å². The van der Waals surface area contributed by atoms with Gasteiger partial charge in [0.2, 0.25) is 0 Å². The van der Waals surface area contributed by atoms with Gasteiger partial charge in [0.05, 0.1) is 0 Å². The first-order chi connectivity index (χ1) is 5.15. The molecule has 0 rings (SSSR count). The zero-order valence-electron chi connectivity index (χ0n) is 5.58. The number of nitriles is 1. The van der Waals surface area contributed by atoms with Crippen molar-refractivity contribution in [3.8, 4) is 5.40 Å². The quantitative estimate of drug-likeness (QED) is 0.154. The van der Waals surface area contributed by atoms with E-state index in [2.05, 4.69) is 36.3 Å². The van der Waals surface area contributed by atoms with Crippen LogP contribution in [-0.2, 0) is 10.4 Å². The molecular weight excluding hydrogens is 226 g/mol. The second-order valence-electron chi connectivity index (χ2n) is 0.950. The van der Waals surface area contributed by atoms with Crippen molar-refractivity contribution in [1.82, 2.24) is 0 Å². The second-order valence-corrected chi connectivity index (χ2v) is 2.52. The van der Waals surface area contributed by atoms with Crippen molar-refractivity contribution in [3.63, 3.8) is 0 Å². The van der Waals surface area contributed by atoms with Gasteiger partial charge in [0.15, 0.2) is 5.11 Å². The number of thiocarbonyl (C=S) groups is 1. The Hall–Kier alpha value is -0.600. The van der Waals surface area contributed by atoms with E-state index in [1.54, 1.807) is 0 Å². The van der Waals surface area contributed by atoms with Crippen LogP contribution in [0.5, 0.6) is 0 Å². The molecule has 72 valence electrons. The fraction of sp³-hybridized carbons (Fsp3) is 0. The van der Waals surface area contributed by atoms with E-state index in [0.717, 1.165) is 0 Å². The predicted molar refractivity (Wildman–Crippen MR) is 49.7 cm³/mol. The molecule has 0 aliphatic carbocycles. The highest BCUT2D eigenvalue weighted by atomic mass is 32.3. The topological polar surface area (TPSA) is 150 Å². The SMILES string of the molecule is N#CS.NC(N)=S.O=S(=O)(O)O. The van der Waals surface area contributed by atoms with Crippen LogP contribution >= 0.6 is 24.8 Å². The summed E-state index contributed by atoms with van der Waals surface area (Å²) >= 11 is 7.19. The molecule has 0 bridgehead atoms. The van der Waals surface area contributed by atoms with E-state index < -0.39 is 10.4 Å². The second kappa shape index (κ2) is 10.4. The lowest BCUT2D eigenvalue weighted by Crippen LogP contribution is -2.18. The van der Waals surface area contributed by atoms with Crippen LogP contribution in [0.4, 0.5) is 0 Å². The molecule has 0 spiro atoms. The van der Waals surface area contributed by atoms with Gasteiger partial charge in [0, 0.05) is 0 Å². The molecule has 0 fully saturated rings. The Balaban J connectivity index is -0.000000105. The number of nitrogens with zero attached hydrogens (tertiary/aromatic N) is 1. The smallest absolute Gasteiger partial charge is 0.377 e. The van der Waals surface area contributed by atoms with Crippen LogP contribution in [0.15, 0.2) is 0 Å². The highest BCUT2D eigenvalue weighted by molar-refractivity contribution is 7.85. The lowest BCUT2D eigenvalue weighted by atomic mass is 11.3. The number of hydrogen-bond donors (Lipinski definition) is 5. The summed E-state index contributed by atoms with van der Waals surface area (Å²) in [6, 6.07) is 0. The van der Waals surface area contributed by atoms with E-state index in [4.69, 9.17) is 22.8 Å². The number of thiocyanates is 1. The van der Waals surface area contributed by atoms with Gasteiger partial charge in [-0.25, -0.2) is 0 Å². The molecule has 0 aromatic heterocycles. The summed E-state index contributed by atoms with van der Waals surface area (Å²) in [7, 11) is -4.67.